The van der Waals surface area contributed by atoms with E-state index in [-0.39, 0.29) is 5.97 Å². The highest BCUT2D eigenvalue weighted by Gasteiger charge is 2.33. The molecule has 1 aromatic heterocycles. The minimum absolute atomic E-state index is 0.297. The average Bonchev–Trinajstić information content (AvgIpc) is 2.46. The molecule has 0 aliphatic heterocycles. The van der Waals surface area contributed by atoms with Crippen LogP contribution >= 0.6 is 0 Å². The van der Waals surface area contributed by atoms with Gasteiger partial charge >= 0.3 is 5.97 Å². The largest absolute Gasteiger partial charge is 0.467 e. The zero-order chi connectivity index (χ0) is 14.6. The van der Waals surface area contributed by atoms with Gasteiger partial charge in [0.05, 0.1) is 24.3 Å². The number of anilines is 1. The molecule has 0 saturated heterocycles. The van der Waals surface area contributed by atoms with E-state index in [0.29, 0.717) is 12.2 Å². The summed E-state index contributed by atoms with van der Waals surface area (Å²) in [5.41, 5.74) is 0.829. The summed E-state index contributed by atoms with van der Waals surface area (Å²) >= 11 is 0. The van der Waals surface area contributed by atoms with E-state index in [9.17, 15) is 4.79 Å². The molecular weight excluding hydrogens is 254 g/mol. The van der Waals surface area contributed by atoms with Gasteiger partial charge in [-0.1, -0.05) is 25.5 Å². The van der Waals surface area contributed by atoms with E-state index in [2.05, 4.69) is 15.3 Å². The molecular formula is C15H19N3O2. The van der Waals surface area contributed by atoms with Gasteiger partial charge < -0.3 is 10.1 Å². The molecule has 0 aliphatic carbocycles. The molecule has 0 saturated carbocycles. The minimum atomic E-state index is -0.791. The number of esters is 1. The maximum absolute atomic E-state index is 12.0. The van der Waals surface area contributed by atoms with Crippen molar-refractivity contribution in [2.24, 2.45) is 0 Å². The lowest BCUT2D eigenvalue weighted by Crippen LogP contribution is -2.44. The van der Waals surface area contributed by atoms with Crippen LogP contribution in [0.25, 0.3) is 11.0 Å². The molecule has 2 aromatic rings. The van der Waals surface area contributed by atoms with Crippen molar-refractivity contribution in [1.82, 2.24) is 9.97 Å². The quantitative estimate of drug-likeness (QED) is 0.849. The monoisotopic (exact) mass is 273 g/mol. The number of rotatable bonds is 5. The Bertz CT molecular complexity index is 615. The third-order valence-electron chi connectivity index (χ3n) is 3.24. The van der Waals surface area contributed by atoms with Gasteiger partial charge in [-0.3, -0.25) is 4.98 Å². The summed E-state index contributed by atoms with van der Waals surface area (Å²) < 4.78 is 4.88. The van der Waals surface area contributed by atoms with Gasteiger partial charge in [-0.05, 0) is 25.5 Å². The number of carbonyl (C=O) groups is 1. The number of nitrogens with one attached hydrogen (secondary N) is 1. The van der Waals surface area contributed by atoms with E-state index < -0.39 is 5.54 Å². The van der Waals surface area contributed by atoms with Crippen molar-refractivity contribution in [2.45, 2.75) is 32.2 Å². The van der Waals surface area contributed by atoms with Crippen LogP contribution in [0.15, 0.2) is 30.5 Å². The molecule has 1 heterocycles. The van der Waals surface area contributed by atoms with Crippen molar-refractivity contribution >= 4 is 22.8 Å². The van der Waals surface area contributed by atoms with E-state index >= 15 is 0 Å². The lowest BCUT2D eigenvalue weighted by atomic mass is 9.96. The van der Waals surface area contributed by atoms with Crippen LogP contribution in [0.3, 0.4) is 0 Å². The molecule has 1 atom stereocenters. The Morgan fingerprint density at radius 1 is 1.35 bits per heavy atom. The van der Waals surface area contributed by atoms with Crippen LogP contribution in [0, 0.1) is 0 Å². The van der Waals surface area contributed by atoms with E-state index in [0.717, 1.165) is 17.5 Å². The first-order valence-electron chi connectivity index (χ1n) is 6.67. The number of nitrogens with zero attached hydrogens (tertiary/aromatic N) is 2. The van der Waals surface area contributed by atoms with Crippen LogP contribution in [-0.4, -0.2) is 28.6 Å². The smallest absolute Gasteiger partial charge is 0.331 e. The van der Waals surface area contributed by atoms with E-state index in [1.807, 2.05) is 38.1 Å². The summed E-state index contributed by atoms with van der Waals surface area (Å²) in [6, 6.07) is 7.62. The molecule has 5 nitrogen and oxygen atoms in total. The van der Waals surface area contributed by atoms with Gasteiger partial charge in [-0.2, -0.15) is 0 Å². The fourth-order valence-corrected chi connectivity index (χ4v) is 2.24. The highest BCUT2D eigenvalue weighted by atomic mass is 16.5. The van der Waals surface area contributed by atoms with Crippen LogP contribution in [0.1, 0.15) is 26.7 Å². The van der Waals surface area contributed by atoms with Crippen LogP contribution < -0.4 is 5.32 Å². The second kappa shape index (κ2) is 5.86. The Labute approximate surface area is 118 Å². The minimum Gasteiger partial charge on any atom is -0.467 e. The predicted molar refractivity (Wildman–Crippen MR) is 78.5 cm³/mol. The van der Waals surface area contributed by atoms with Crippen molar-refractivity contribution in [1.29, 1.82) is 0 Å². The van der Waals surface area contributed by atoms with Gasteiger partial charge in [0, 0.05) is 0 Å². The van der Waals surface area contributed by atoms with Gasteiger partial charge in [0.1, 0.15) is 11.4 Å². The highest BCUT2D eigenvalue weighted by Crippen LogP contribution is 2.21. The summed E-state index contributed by atoms with van der Waals surface area (Å²) in [6.07, 6.45) is 3.16. The molecule has 2 rings (SSSR count). The van der Waals surface area contributed by atoms with Crippen LogP contribution in [-0.2, 0) is 9.53 Å². The van der Waals surface area contributed by atoms with E-state index in [1.165, 1.54) is 7.11 Å². The molecule has 0 bridgehead atoms. The molecule has 0 spiro atoms. The summed E-state index contributed by atoms with van der Waals surface area (Å²) in [6.45, 7) is 3.84. The van der Waals surface area contributed by atoms with Gasteiger partial charge in [0.25, 0.3) is 0 Å². The van der Waals surface area contributed by atoms with Crippen molar-refractivity contribution in [2.75, 3.05) is 12.4 Å². The van der Waals surface area contributed by atoms with Crippen LogP contribution in [0.4, 0.5) is 5.82 Å². The zero-order valence-electron chi connectivity index (χ0n) is 12.0. The zero-order valence-corrected chi connectivity index (χ0v) is 12.0. The van der Waals surface area contributed by atoms with E-state index in [1.54, 1.807) is 6.20 Å². The Morgan fingerprint density at radius 3 is 2.70 bits per heavy atom. The second-order valence-corrected chi connectivity index (χ2v) is 4.94. The number of carbonyl (C=O) groups excluding carboxylic acids is 1. The third-order valence-corrected chi connectivity index (χ3v) is 3.24. The molecule has 0 aliphatic rings. The molecule has 1 aromatic carbocycles. The number of ether oxygens (including phenoxy) is 1. The molecule has 1 N–H and O–H groups in total. The molecule has 0 radical (unpaired) electrons. The lowest BCUT2D eigenvalue weighted by Gasteiger charge is -2.27. The van der Waals surface area contributed by atoms with Crippen LogP contribution in [0.5, 0.6) is 0 Å². The number of fused-ring (bicyclic) bond motifs is 1. The van der Waals surface area contributed by atoms with Crippen molar-refractivity contribution in [3.63, 3.8) is 0 Å². The molecule has 0 fully saturated rings. The topological polar surface area (TPSA) is 64.1 Å². The van der Waals surface area contributed by atoms with Gasteiger partial charge in [-0.15, -0.1) is 0 Å². The van der Waals surface area contributed by atoms with Crippen molar-refractivity contribution in [3.05, 3.63) is 30.5 Å². The van der Waals surface area contributed by atoms with Gasteiger partial charge in [0.15, 0.2) is 0 Å². The van der Waals surface area contributed by atoms with E-state index in [4.69, 9.17) is 4.74 Å². The number of benzene rings is 1. The first kappa shape index (κ1) is 14.2. The fraction of sp³-hybridized carbons (Fsp3) is 0.400. The standard InChI is InChI=1S/C15H19N3O2/c1-4-9-15(2,14(19)20-3)18-13-10-16-11-7-5-6-8-12(11)17-13/h5-8,10H,4,9H2,1-3H3,(H,17,18). The molecule has 5 heteroatoms. The van der Waals surface area contributed by atoms with Crippen molar-refractivity contribution < 1.29 is 9.53 Å². The Balaban J connectivity index is 2.30. The maximum atomic E-state index is 12.0. The molecule has 20 heavy (non-hydrogen) atoms. The fourth-order valence-electron chi connectivity index (χ4n) is 2.24. The summed E-state index contributed by atoms with van der Waals surface area (Å²) in [5.74, 6) is 0.277. The summed E-state index contributed by atoms with van der Waals surface area (Å²) in [7, 11) is 1.39. The molecule has 106 valence electrons. The van der Waals surface area contributed by atoms with Crippen molar-refractivity contribution in [3.8, 4) is 0 Å². The first-order valence-corrected chi connectivity index (χ1v) is 6.67. The Morgan fingerprint density at radius 2 is 2.05 bits per heavy atom. The summed E-state index contributed by atoms with van der Waals surface area (Å²) in [5, 5.41) is 3.15. The molecule has 1 unspecified atom stereocenters. The molecule has 0 amide bonds. The normalized spacial score (nSPS) is 13.8. The lowest BCUT2D eigenvalue weighted by molar-refractivity contribution is -0.145. The predicted octanol–water partition coefficient (Wildman–Crippen LogP) is 2.77. The number of aromatic nitrogens is 2. The highest BCUT2D eigenvalue weighted by molar-refractivity contribution is 5.84. The SMILES string of the molecule is CCCC(C)(Nc1cnc2ccccc2n1)C(=O)OC. The number of hydrogen-bond acceptors (Lipinski definition) is 5. The number of hydrogen-bond donors (Lipinski definition) is 1. The first-order chi connectivity index (χ1) is 9.59. The Kier molecular flexibility index (Phi) is 4.17. The average molecular weight is 273 g/mol. The Hall–Kier alpha value is -2.17. The second-order valence-electron chi connectivity index (χ2n) is 4.94. The maximum Gasteiger partial charge on any atom is 0.331 e. The van der Waals surface area contributed by atoms with Crippen LogP contribution in [0.2, 0.25) is 0 Å². The third kappa shape index (κ3) is 2.87. The summed E-state index contributed by atoms with van der Waals surface area (Å²) in [4.78, 5) is 20.8. The number of methoxy groups -OCH3 is 1. The van der Waals surface area contributed by atoms with Gasteiger partial charge in [0.2, 0.25) is 0 Å². The number of para-hydroxylation sites is 2. The van der Waals surface area contributed by atoms with Gasteiger partial charge in [-0.25, -0.2) is 9.78 Å².